The number of hydrogen-bond acceptors (Lipinski definition) is 5. The van der Waals surface area contributed by atoms with E-state index in [2.05, 4.69) is 20.3 Å². The third kappa shape index (κ3) is 5.60. The van der Waals surface area contributed by atoms with Gasteiger partial charge in [0, 0.05) is 30.1 Å². The first kappa shape index (κ1) is 23.8. The van der Waals surface area contributed by atoms with E-state index in [0.717, 1.165) is 24.3 Å². The fraction of sp³-hybridized carbons (Fsp3) is 0.120. The molecule has 0 bridgehead atoms. The summed E-state index contributed by atoms with van der Waals surface area (Å²) < 4.78 is 59.1. The van der Waals surface area contributed by atoms with E-state index in [1.54, 1.807) is 24.4 Å². The van der Waals surface area contributed by atoms with Crippen LogP contribution in [-0.2, 0) is 12.6 Å². The number of ether oxygens (including phenoxy) is 1. The number of alkyl halides is 3. The van der Waals surface area contributed by atoms with Gasteiger partial charge in [0.25, 0.3) is 5.91 Å². The van der Waals surface area contributed by atoms with Crippen molar-refractivity contribution >= 4 is 11.6 Å². The van der Waals surface area contributed by atoms with E-state index in [4.69, 9.17) is 4.74 Å². The summed E-state index contributed by atoms with van der Waals surface area (Å²) in [5.41, 5.74) is 0.0319. The Kier molecular flexibility index (Phi) is 6.72. The van der Waals surface area contributed by atoms with Crippen LogP contribution in [0.4, 0.5) is 23.2 Å². The number of hydrogen-bond donors (Lipinski definition) is 1. The highest BCUT2D eigenvalue weighted by molar-refractivity contribution is 6.04. The topological polar surface area (TPSA) is 77.0 Å². The van der Waals surface area contributed by atoms with Gasteiger partial charge in [0.05, 0.1) is 16.8 Å². The zero-order chi connectivity index (χ0) is 25.0. The minimum atomic E-state index is -4.56. The Hall–Kier alpha value is -4.34. The largest absolute Gasteiger partial charge is 0.435 e. The molecule has 1 amide bonds. The van der Waals surface area contributed by atoms with Gasteiger partial charge in [-0.05, 0) is 54.6 Å². The molecule has 0 saturated carbocycles. The number of rotatable bonds is 6. The maximum Gasteiger partial charge on any atom is 0.416 e. The molecule has 0 unspecified atom stereocenters. The van der Waals surface area contributed by atoms with Crippen molar-refractivity contribution in [2.24, 2.45) is 0 Å². The van der Waals surface area contributed by atoms with Crippen molar-refractivity contribution in [2.75, 3.05) is 5.32 Å². The van der Waals surface area contributed by atoms with E-state index in [9.17, 15) is 22.4 Å². The zero-order valence-corrected chi connectivity index (χ0v) is 18.3. The fourth-order valence-electron chi connectivity index (χ4n) is 3.19. The van der Waals surface area contributed by atoms with Crippen LogP contribution in [0.1, 0.15) is 28.7 Å². The first-order chi connectivity index (χ1) is 16.7. The van der Waals surface area contributed by atoms with Gasteiger partial charge >= 0.3 is 6.18 Å². The molecule has 0 atom stereocenters. The van der Waals surface area contributed by atoms with Gasteiger partial charge in [-0.15, -0.1) is 0 Å². The predicted molar refractivity (Wildman–Crippen MR) is 121 cm³/mol. The summed E-state index contributed by atoms with van der Waals surface area (Å²) in [4.78, 5) is 25.4. The molecule has 0 aliphatic rings. The van der Waals surface area contributed by atoms with Gasteiger partial charge < -0.3 is 10.1 Å². The Labute approximate surface area is 197 Å². The summed E-state index contributed by atoms with van der Waals surface area (Å²) >= 11 is 0. The standard InChI is InChI=1S/C25H18F4N4O2/c1-2-22-30-12-10-20(33-22)18-7-4-11-31-24(18)35-21-13-15(8-9-19(21)26)23(34)32-17-6-3-5-16(14-17)25(27,28)29/h3-14H,2H2,1H3,(H,32,34). The molecule has 4 aromatic rings. The fourth-order valence-corrected chi connectivity index (χ4v) is 3.19. The minimum absolute atomic E-state index is 0.0217. The average Bonchev–Trinajstić information content (AvgIpc) is 2.85. The number of anilines is 1. The van der Waals surface area contributed by atoms with Crippen molar-refractivity contribution in [2.45, 2.75) is 19.5 Å². The second-order valence-corrected chi connectivity index (χ2v) is 7.35. The Bertz CT molecular complexity index is 1380. The van der Waals surface area contributed by atoms with Crippen molar-refractivity contribution in [3.8, 4) is 22.9 Å². The molecule has 0 aliphatic heterocycles. The van der Waals surface area contributed by atoms with Crippen molar-refractivity contribution in [1.82, 2.24) is 15.0 Å². The maximum absolute atomic E-state index is 14.5. The number of amides is 1. The summed E-state index contributed by atoms with van der Waals surface area (Å²) in [5, 5.41) is 2.38. The highest BCUT2D eigenvalue weighted by Crippen LogP contribution is 2.33. The smallest absolute Gasteiger partial charge is 0.416 e. The number of carbonyl (C=O) groups is 1. The van der Waals surface area contributed by atoms with E-state index in [1.165, 1.54) is 24.4 Å². The molecule has 4 rings (SSSR count). The number of aryl methyl sites for hydroxylation is 1. The van der Waals surface area contributed by atoms with Crippen molar-refractivity contribution < 1.29 is 27.1 Å². The number of nitrogens with zero attached hydrogens (tertiary/aromatic N) is 3. The van der Waals surface area contributed by atoms with Gasteiger partial charge in [0.1, 0.15) is 5.82 Å². The molecular weight excluding hydrogens is 464 g/mol. The van der Waals surface area contributed by atoms with E-state index in [-0.39, 0.29) is 22.9 Å². The Balaban J connectivity index is 1.60. The number of nitrogens with one attached hydrogen (secondary N) is 1. The summed E-state index contributed by atoms with van der Waals surface area (Å²) in [5.74, 6) is -1.11. The molecular formula is C25H18F4N4O2. The van der Waals surface area contributed by atoms with E-state index in [0.29, 0.717) is 23.5 Å². The lowest BCUT2D eigenvalue weighted by atomic mass is 10.1. The molecule has 2 heterocycles. The van der Waals surface area contributed by atoms with Crippen LogP contribution < -0.4 is 10.1 Å². The average molecular weight is 482 g/mol. The Morgan fingerprint density at radius 3 is 2.60 bits per heavy atom. The minimum Gasteiger partial charge on any atom is -0.435 e. The summed E-state index contributed by atoms with van der Waals surface area (Å²) in [6, 6.07) is 12.6. The number of benzene rings is 2. The number of pyridine rings is 1. The molecule has 1 N–H and O–H groups in total. The van der Waals surface area contributed by atoms with Crippen LogP contribution in [0.5, 0.6) is 11.6 Å². The second-order valence-electron chi connectivity index (χ2n) is 7.35. The van der Waals surface area contributed by atoms with Gasteiger partial charge in [-0.3, -0.25) is 4.79 Å². The van der Waals surface area contributed by atoms with Crippen LogP contribution in [0.3, 0.4) is 0 Å². The van der Waals surface area contributed by atoms with Gasteiger partial charge in [-0.1, -0.05) is 13.0 Å². The molecule has 2 aromatic carbocycles. The highest BCUT2D eigenvalue weighted by Gasteiger charge is 2.30. The quantitative estimate of drug-likeness (QED) is 0.326. The normalized spacial score (nSPS) is 11.2. The third-order valence-electron chi connectivity index (χ3n) is 4.92. The predicted octanol–water partition coefficient (Wildman–Crippen LogP) is 6.30. The zero-order valence-electron chi connectivity index (χ0n) is 18.3. The molecule has 0 fully saturated rings. The number of carbonyl (C=O) groups excluding carboxylic acids is 1. The summed E-state index contributed by atoms with van der Waals surface area (Å²) in [6.07, 6.45) is -0.887. The summed E-state index contributed by atoms with van der Waals surface area (Å²) in [7, 11) is 0. The number of aromatic nitrogens is 3. The van der Waals surface area contributed by atoms with Crippen molar-refractivity contribution in [3.05, 3.63) is 95.8 Å². The van der Waals surface area contributed by atoms with Crippen molar-refractivity contribution in [3.63, 3.8) is 0 Å². The second kappa shape index (κ2) is 9.88. The third-order valence-corrected chi connectivity index (χ3v) is 4.92. The lowest BCUT2D eigenvalue weighted by Crippen LogP contribution is -2.13. The van der Waals surface area contributed by atoms with Gasteiger partial charge in [-0.25, -0.2) is 19.3 Å². The van der Waals surface area contributed by atoms with Crippen LogP contribution in [-0.4, -0.2) is 20.9 Å². The molecule has 6 nitrogen and oxygen atoms in total. The van der Waals surface area contributed by atoms with Crippen LogP contribution in [0.2, 0.25) is 0 Å². The number of halogens is 4. The molecule has 35 heavy (non-hydrogen) atoms. The van der Waals surface area contributed by atoms with Crippen LogP contribution >= 0.6 is 0 Å². The molecule has 2 aromatic heterocycles. The molecule has 178 valence electrons. The lowest BCUT2D eigenvalue weighted by molar-refractivity contribution is -0.137. The monoisotopic (exact) mass is 482 g/mol. The first-order valence-electron chi connectivity index (χ1n) is 10.5. The maximum atomic E-state index is 14.5. The van der Waals surface area contributed by atoms with Crippen LogP contribution in [0, 0.1) is 5.82 Å². The first-order valence-corrected chi connectivity index (χ1v) is 10.5. The van der Waals surface area contributed by atoms with E-state index in [1.807, 2.05) is 6.92 Å². The Morgan fingerprint density at radius 1 is 1.00 bits per heavy atom. The Morgan fingerprint density at radius 2 is 1.83 bits per heavy atom. The van der Waals surface area contributed by atoms with E-state index >= 15 is 0 Å². The SMILES string of the molecule is CCc1nccc(-c2cccnc2Oc2cc(C(=O)Nc3cccc(C(F)(F)F)c3)ccc2F)n1. The highest BCUT2D eigenvalue weighted by atomic mass is 19.4. The van der Waals surface area contributed by atoms with Gasteiger partial charge in [0.2, 0.25) is 5.88 Å². The van der Waals surface area contributed by atoms with Crippen molar-refractivity contribution in [1.29, 1.82) is 0 Å². The molecule has 10 heteroatoms. The lowest BCUT2D eigenvalue weighted by Gasteiger charge is -2.12. The molecule has 0 spiro atoms. The molecule has 0 radical (unpaired) electrons. The molecule has 0 aliphatic carbocycles. The molecule has 0 saturated heterocycles. The summed E-state index contributed by atoms with van der Waals surface area (Å²) in [6.45, 7) is 1.91. The van der Waals surface area contributed by atoms with Gasteiger partial charge in [-0.2, -0.15) is 13.2 Å². The van der Waals surface area contributed by atoms with Crippen LogP contribution in [0.15, 0.2) is 73.1 Å². The van der Waals surface area contributed by atoms with Gasteiger partial charge in [0.15, 0.2) is 11.6 Å². The van der Waals surface area contributed by atoms with Crippen LogP contribution in [0.25, 0.3) is 11.3 Å². The van der Waals surface area contributed by atoms with E-state index < -0.39 is 23.5 Å².